The maximum absolute atomic E-state index is 4.57. The predicted octanol–water partition coefficient (Wildman–Crippen LogP) is 9.77. The minimum atomic E-state index is 0.798. The first-order valence-corrected chi connectivity index (χ1v) is 14.6. The molecule has 0 aliphatic heterocycles. The molecule has 0 aliphatic rings. The van der Waals surface area contributed by atoms with Crippen LogP contribution in [0.5, 0.6) is 0 Å². The first kappa shape index (κ1) is 25.6. The Bertz CT molecular complexity index is 2170. The van der Waals surface area contributed by atoms with Crippen LogP contribution in [-0.4, -0.2) is 20.0 Å². The van der Waals surface area contributed by atoms with E-state index < -0.39 is 0 Å². The summed E-state index contributed by atoms with van der Waals surface area (Å²) in [4.78, 5) is 6.80. The lowest BCUT2D eigenvalue weighted by Crippen LogP contribution is -2.10. The zero-order valence-electron chi connectivity index (χ0n) is 23.8. The molecule has 0 saturated heterocycles. The molecule has 0 amide bonds. The summed E-state index contributed by atoms with van der Waals surface area (Å²) in [5, 5.41) is 13.9. The van der Waals surface area contributed by atoms with Crippen LogP contribution in [0.2, 0.25) is 0 Å². The molecule has 5 heteroatoms. The zero-order valence-corrected chi connectivity index (χ0v) is 23.8. The molecule has 0 bridgehead atoms. The minimum Gasteiger partial charge on any atom is -0.310 e. The summed E-state index contributed by atoms with van der Waals surface area (Å²) in [6.45, 7) is 0. The highest BCUT2D eigenvalue weighted by molar-refractivity contribution is 5.92. The van der Waals surface area contributed by atoms with E-state index in [1.807, 2.05) is 47.4 Å². The molecular formula is C39H27N5. The van der Waals surface area contributed by atoms with E-state index in [2.05, 4.69) is 142 Å². The van der Waals surface area contributed by atoms with Gasteiger partial charge in [-0.2, -0.15) is 0 Å². The fourth-order valence-corrected chi connectivity index (χ4v) is 5.75. The molecule has 0 atom stereocenters. The van der Waals surface area contributed by atoms with Crippen LogP contribution in [0.15, 0.2) is 164 Å². The Morgan fingerprint density at radius 3 is 1.75 bits per heavy atom. The molecule has 0 radical (unpaired) electrons. The number of rotatable bonds is 6. The van der Waals surface area contributed by atoms with Gasteiger partial charge in [-0.25, -0.2) is 4.68 Å². The average molecular weight is 566 g/mol. The molecule has 6 aromatic carbocycles. The normalized spacial score (nSPS) is 11.2. The molecule has 208 valence electrons. The quantitative estimate of drug-likeness (QED) is 0.201. The first-order valence-electron chi connectivity index (χ1n) is 14.6. The van der Waals surface area contributed by atoms with Crippen molar-refractivity contribution in [3.63, 3.8) is 0 Å². The van der Waals surface area contributed by atoms with Crippen molar-refractivity contribution in [2.45, 2.75) is 0 Å². The highest BCUT2D eigenvalue weighted by Gasteiger charge is 2.16. The van der Waals surface area contributed by atoms with Gasteiger partial charge in [0.05, 0.1) is 17.6 Å². The van der Waals surface area contributed by atoms with E-state index in [0.717, 1.165) is 45.3 Å². The Morgan fingerprint density at radius 1 is 0.455 bits per heavy atom. The third-order valence-electron chi connectivity index (χ3n) is 7.95. The highest BCUT2D eigenvalue weighted by atomic mass is 15.4. The molecule has 8 aromatic rings. The van der Waals surface area contributed by atoms with Gasteiger partial charge in [-0.1, -0.05) is 96.2 Å². The highest BCUT2D eigenvalue weighted by Crippen LogP contribution is 2.38. The van der Waals surface area contributed by atoms with Gasteiger partial charge in [0.2, 0.25) is 0 Å². The molecule has 2 aromatic heterocycles. The predicted molar refractivity (Wildman–Crippen MR) is 180 cm³/mol. The molecular weight excluding hydrogens is 538 g/mol. The Balaban J connectivity index is 1.20. The maximum atomic E-state index is 4.57. The first-order chi connectivity index (χ1) is 21.8. The van der Waals surface area contributed by atoms with Crippen LogP contribution in [0.1, 0.15) is 0 Å². The second kappa shape index (κ2) is 11.0. The Morgan fingerprint density at radius 2 is 1.07 bits per heavy atom. The third kappa shape index (κ3) is 4.86. The van der Waals surface area contributed by atoms with Crippen molar-refractivity contribution < 1.29 is 0 Å². The Hall–Kier alpha value is -6.07. The minimum absolute atomic E-state index is 0.798. The standard InChI is InChI=1S/C39H27N5/c1-3-11-30-23-36(20-18-28(30)9-1)44(37-21-19-29-10-2-4-12-31(29)24-37)35-16-8-14-33(26-35)39-27-43(42-41-39)34-15-7-13-32(25-34)38-17-5-6-22-40-38/h1-27H. The number of anilines is 3. The Kier molecular flexibility index (Phi) is 6.39. The van der Waals surface area contributed by atoms with Crippen molar-refractivity contribution in [3.8, 4) is 28.2 Å². The van der Waals surface area contributed by atoms with Gasteiger partial charge < -0.3 is 4.90 Å². The fraction of sp³-hybridized carbons (Fsp3) is 0. The van der Waals surface area contributed by atoms with Gasteiger partial charge in [-0.3, -0.25) is 4.98 Å². The van der Waals surface area contributed by atoms with Crippen molar-refractivity contribution in [2.75, 3.05) is 4.90 Å². The lowest BCUT2D eigenvalue weighted by molar-refractivity contribution is 0.804. The third-order valence-corrected chi connectivity index (χ3v) is 7.95. The van der Waals surface area contributed by atoms with Gasteiger partial charge >= 0.3 is 0 Å². The number of benzene rings is 6. The largest absolute Gasteiger partial charge is 0.310 e. The van der Waals surface area contributed by atoms with Gasteiger partial charge in [0.25, 0.3) is 0 Å². The van der Waals surface area contributed by atoms with Crippen LogP contribution in [0, 0.1) is 0 Å². The zero-order chi connectivity index (χ0) is 29.3. The fourth-order valence-electron chi connectivity index (χ4n) is 5.75. The van der Waals surface area contributed by atoms with Crippen LogP contribution in [0.25, 0.3) is 49.7 Å². The summed E-state index contributed by atoms with van der Waals surface area (Å²) in [5.41, 5.74) is 7.88. The number of nitrogens with zero attached hydrogens (tertiary/aromatic N) is 5. The second-order valence-corrected chi connectivity index (χ2v) is 10.8. The van der Waals surface area contributed by atoms with Gasteiger partial charge in [0.15, 0.2) is 0 Å². The lowest BCUT2D eigenvalue weighted by Gasteiger charge is -2.26. The van der Waals surface area contributed by atoms with E-state index in [4.69, 9.17) is 0 Å². The van der Waals surface area contributed by atoms with Crippen molar-refractivity contribution in [3.05, 3.63) is 164 Å². The number of hydrogen-bond donors (Lipinski definition) is 0. The molecule has 0 fully saturated rings. The smallest absolute Gasteiger partial charge is 0.113 e. The SMILES string of the molecule is c1ccc(-c2cccc(-n3cc(-c4cccc(N(c5ccc6ccccc6c5)c5ccc6ccccc6c5)c4)nn3)c2)nc1. The average Bonchev–Trinajstić information content (AvgIpc) is 3.60. The van der Waals surface area contributed by atoms with E-state index in [-0.39, 0.29) is 0 Å². The number of pyridine rings is 1. The Labute approximate surface area is 255 Å². The van der Waals surface area contributed by atoms with Gasteiger partial charge in [0, 0.05) is 34.4 Å². The van der Waals surface area contributed by atoms with Gasteiger partial charge in [-0.15, -0.1) is 5.10 Å². The molecule has 8 rings (SSSR count). The molecule has 0 aliphatic carbocycles. The van der Waals surface area contributed by atoms with Crippen LogP contribution >= 0.6 is 0 Å². The van der Waals surface area contributed by atoms with E-state index in [9.17, 15) is 0 Å². The molecule has 2 heterocycles. The van der Waals surface area contributed by atoms with E-state index in [1.54, 1.807) is 0 Å². The topological polar surface area (TPSA) is 46.8 Å². The summed E-state index contributed by atoms with van der Waals surface area (Å²) >= 11 is 0. The van der Waals surface area contributed by atoms with E-state index in [1.165, 1.54) is 21.5 Å². The number of fused-ring (bicyclic) bond motifs is 2. The van der Waals surface area contributed by atoms with Crippen LogP contribution < -0.4 is 4.90 Å². The second-order valence-electron chi connectivity index (χ2n) is 10.8. The molecule has 44 heavy (non-hydrogen) atoms. The maximum Gasteiger partial charge on any atom is 0.113 e. The van der Waals surface area contributed by atoms with Gasteiger partial charge in [-0.05, 0) is 82.2 Å². The summed E-state index contributed by atoms with van der Waals surface area (Å²) in [6.07, 6.45) is 3.79. The van der Waals surface area contributed by atoms with Crippen molar-refractivity contribution in [2.24, 2.45) is 0 Å². The molecule has 0 saturated carbocycles. The van der Waals surface area contributed by atoms with Crippen LogP contribution in [-0.2, 0) is 0 Å². The van der Waals surface area contributed by atoms with E-state index >= 15 is 0 Å². The molecule has 0 N–H and O–H groups in total. The van der Waals surface area contributed by atoms with Crippen LogP contribution in [0.4, 0.5) is 17.1 Å². The van der Waals surface area contributed by atoms with E-state index in [0.29, 0.717) is 0 Å². The number of hydrogen-bond acceptors (Lipinski definition) is 4. The molecule has 5 nitrogen and oxygen atoms in total. The van der Waals surface area contributed by atoms with Crippen molar-refractivity contribution in [1.82, 2.24) is 20.0 Å². The molecule has 0 unspecified atom stereocenters. The van der Waals surface area contributed by atoms with Crippen molar-refractivity contribution in [1.29, 1.82) is 0 Å². The summed E-state index contributed by atoms with van der Waals surface area (Å²) < 4.78 is 1.82. The monoisotopic (exact) mass is 565 g/mol. The van der Waals surface area contributed by atoms with Crippen LogP contribution in [0.3, 0.4) is 0 Å². The number of aromatic nitrogens is 4. The molecule has 0 spiro atoms. The van der Waals surface area contributed by atoms with Crippen molar-refractivity contribution >= 4 is 38.6 Å². The summed E-state index contributed by atoms with van der Waals surface area (Å²) in [6, 6.07) is 52.8. The van der Waals surface area contributed by atoms with Gasteiger partial charge in [0.1, 0.15) is 5.69 Å². The summed E-state index contributed by atoms with van der Waals surface area (Å²) in [5.74, 6) is 0. The lowest BCUT2D eigenvalue weighted by atomic mass is 10.1. The summed E-state index contributed by atoms with van der Waals surface area (Å²) in [7, 11) is 0.